The molecule has 0 spiro atoms. The lowest BCUT2D eigenvalue weighted by Gasteiger charge is -2.38. The highest BCUT2D eigenvalue weighted by Crippen LogP contribution is 2.32. The van der Waals surface area contributed by atoms with Crippen LogP contribution in [0.1, 0.15) is 39.5 Å². The van der Waals surface area contributed by atoms with Gasteiger partial charge < -0.3 is 4.74 Å². The highest BCUT2D eigenvalue weighted by Gasteiger charge is 2.37. The third kappa shape index (κ3) is 1.97. The molecule has 12 heavy (non-hydrogen) atoms. The molecule has 0 aromatic rings. The summed E-state index contributed by atoms with van der Waals surface area (Å²) in [5.74, 6) is 0.0152. The van der Waals surface area contributed by atoms with Crippen LogP contribution in [0.2, 0.25) is 0 Å². The minimum atomic E-state index is -0.690. The maximum Gasteiger partial charge on any atom is 0.304 e. The fourth-order valence-electron chi connectivity index (χ4n) is 1.76. The minimum Gasteiger partial charge on any atom is -0.444 e. The van der Waals surface area contributed by atoms with E-state index in [1.54, 1.807) is 0 Å². The molecule has 0 amide bonds. The van der Waals surface area contributed by atoms with Gasteiger partial charge in [-0.25, -0.2) is 0 Å². The Bertz CT molecular complexity index is 181. The topological polar surface area (TPSA) is 52.3 Å². The molecule has 1 aliphatic rings. The fourth-order valence-corrected chi connectivity index (χ4v) is 1.76. The van der Waals surface area contributed by atoms with E-state index >= 15 is 0 Å². The van der Waals surface area contributed by atoms with Crippen molar-refractivity contribution >= 4 is 5.97 Å². The highest BCUT2D eigenvalue weighted by atomic mass is 16.6. The lowest BCUT2D eigenvalue weighted by atomic mass is 9.83. The number of nitrogens with two attached hydrogens (primary N) is 1. The monoisotopic (exact) mass is 171 g/mol. The summed E-state index contributed by atoms with van der Waals surface area (Å²) in [5, 5.41) is 0. The number of ether oxygens (including phenoxy) is 1. The van der Waals surface area contributed by atoms with E-state index in [2.05, 4.69) is 0 Å². The second-order valence-corrected chi connectivity index (χ2v) is 3.70. The van der Waals surface area contributed by atoms with Gasteiger partial charge in [0.15, 0.2) is 5.72 Å². The van der Waals surface area contributed by atoms with Crippen molar-refractivity contribution in [1.29, 1.82) is 0 Å². The average Bonchev–Trinajstić information content (AvgIpc) is 1.94. The Hall–Kier alpha value is -0.570. The first kappa shape index (κ1) is 9.52. The second kappa shape index (κ2) is 3.44. The maximum absolute atomic E-state index is 10.8. The molecule has 1 saturated carbocycles. The van der Waals surface area contributed by atoms with E-state index in [-0.39, 0.29) is 11.9 Å². The zero-order chi connectivity index (χ0) is 9.19. The molecule has 70 valence electrons. The zero-order valence-electron chi connectivity index (χ0n) is 7.80. The van der Waals surface area contributed by atoms with Crippen molar-refractivity contribution in [2.24, 2.45) is 11.7 Å². The maximum atomic E-state index is 10.8. The van der Waals surface area contributed by atoms with Crippen molar-refractivity contribution in [2.45, 2.75) is 45.3 Å². The summed E-state index contributed by atoms with van der Waals surface area (Å²) >= 11 is 0. The summed E-state index contributed by atoms with van der Waals surface area (Å²) in [5.41, 5.74) is 5.27. The summed E-state index contributed by atoms with van der Waals surface area (Å²) in [7, 11) is 0. The van der Waals surface area contributed by atoms with E-state index in [9.17, 15) is 4.79 Å². The zero-order valence-corrected chi connectivity index (χ0v) is 7.80. The molecule has 3 heteroatoms. The van der Waals surface area contributed by atoms with Gasteiger partial charge >= 0.3 is 5.97 Å². The molecule has 0 heterocycles. The van der Waals surface area contributed by atoms with Crippen molar-refractivity contribution in [3.63, 3.8) is 0 Å². The Kier molecular flexibility index (Phi) is 2.73. The molecule has 1 aliphatic carbocycles. The molecule has 0 bridgehead atoms. The third-order valence-electron chi connectivity index (χ3n) is 2.62. The van der Waals surface area contributed by atoms with Crippen LogP contribution in [0.25, 0.3) is 0 Å². The van der Waals surface area contributed by atoms with Crippen LogP contribution >= 0.6 is 0 Å². The van der Waals surface area contributed by atoms with Crippen LogP contribution in [0.5, 0.6) is 0 Å². The molecule has 1 fully saturated rings. The average molecular weight is 171 g/mol. The number of hydrogen-bond acceptors (Lipinski definition) is 3. The Morgan fingerprint density at radius 3 is 2.75 bits per heavy atom. The molecule has 0 aliphatic heterocycles. The Labute approximate surface area is 73.3 Å². The normalized spacial score (nSPS) is 36.1. The lowest BCUT2D eigenvalue weighted by molar-refractivity contribution is -0.166. The smallest absolute Gasteiger partial charge is 0.304 e. The summed E-state index contributed by atoms with van der Waals surface area (Å²) in [6.45, 7) is 3.46. The van der Waals surface area contributed by atoms with Crippen LogP contribution in [-0.4, -0.2) is 11.7 Å². The summed E-state index contributed by atoms with van der Waals surface area (Å²) in [4.78, 5) is 10.8. The van der Waals surface area contributed by atoms with E-state index in [1.807, 2.05) is 6.92 Å². The molecule has 2 N–H and O–H groups in total. The minimum absolute atomic E-state index is 0.272. The van der Waals surface area contributed by atoms with Gasteiger partial charge in [0.05, 0.1) is 0 Å². The molecule has 1 rings (SSSR count). The number of rotatable bonds is 1. The van der Waals surface area contributed by atoms with E-state index in [1.165, 1.54) is 13.3 Å². The number of carbonyl (C=O) groups excluding carboxylic acids is 1. The molecular weight excluding hydrogens is 154 g/mol. The predicted molar refractivity (Wildman–Crippen MR) is 46.3 cm³/mol. The quantitative estimate of drug-likeness (QED) is 0.479. The van der Waals surface area contributed by atoms with Crippen LogP contribution in [-0.2, 0) is 9.53 Å². The SMILES string of the molecule is CC(=O)OC1(N)CCCC[C@@H]1C. The van der Waals surface area contributed by atoms with Gasteiger partial charge in [0, 0.05) is 19.3 Å². The van der Waals surface area contributed by atoms with Crippen molar-refractivity contribution < 1.29 is 9.53 Å². The third-order valence-corrected chi connectivity index (χ3v) is 2.62. The standard InChI is InChI=1S/C9H17NO2/c1-7-5-3-4-6-9(7,10)12-8(2)11/h7H,3-6,10H2,1-2H3/t7-,9?/m0/s1. The molecule has 0 radical (unpaired) electrons. The fraction of sp³-hybridized carbons (Fsp3) is 0.889. The van der Waals surface area contributed by atoms with E-state index in [0.29, 0.717) is 0 Å². The van der Waals surface area contributed by atoms with Gasteiger partial charge in [0.1, 0.15) is 0 Å². The van der Waals surface area contributed by atoms with Gasteiger partial charge in [-0.3, -0.25) is 10.5 Å². The van der Waals surface area contributed by atoms with Crippen LogP contribution in [0, 0.1) is 5.92 Å². The predicted octanol–water partition coefficient (Wildman–Crippen LogP) is 1.41. The summed E-state index contributed by atoms with van der Waals surface area (Å²) < 4.78 is 5.13. The van der Waals surface area contributed by atoms with Crippen molar-refractivity contribution in [3.8, 4) is 0 Å². The molecule has 0 aromatic carbocycles. The van der Waals surface area contributed by atoms with Crippen molar-refractivity contribution in [2.75, 3.05) is 0 Å². The van der Waals surface area contributed by atoms with Gasteiger partial charge in [-0.05, 0) is 12.8 Å². The van der Waals surface area contributed by atoms with E-state index in [0.717, 1.165) is 19.3 Å². The first-order valence-electron chi connectivity index (χ1n) is 4.53. The van der Waals surface area contributed by atoms with E-state index in [4.69, 9.17) is 10.5 Å². The molecule has 0 saturated heterocycles. The molecule has 1 unspecified atom stereocenters. The lowest BCUT2D eigenvalue weighted by Crippen LogP contribution is -2.51. The Morgan fingerprint density at radius 1 is 1.58 bits per heavy atom. The van der Waals surface area contributed by atoms with Gasteiger partial charge in [-0.1, -0.05) is 13.3 Å². The first-order valence-corrected chi connectivity index (χ1v) is 4.53. The van der Waals surface area contributed by atoms with Crippen LogP contribution in [0.3, 0.4) is 0 Å². The molecule has 2 atom stereocenters. The first-order chi connectivity index (χ1) is 5.54. The number of hydrogen-bond donors (Lipinski definition) is 1. The molecule has 0 aromatic heterocycles. The summed E-state index contributed by atoms with van der Waals surface area (Å²) in [6, 6.07) is 0. The van der Waals surface area contributed by atoms with Crippen molar-refractivity contribution in [3.05, 3.63) is 0 Å². The molecule has 3 nitrogen and oxygen atoms in total. The highest BCUT2D eigenvalue weighted by molar-refractivity contribution is 5.66. The largest absolute Gasteiger partial charge is 0.444 e. The Balaban J connectivity index is 2.59. The Morgan fingerprint density at radius 2 is 2.25 bits per heavy atom. The second-order valence-electron chi connectivity index (χ2n) is 3.70. The van der Waals surface area contributed by atoms with Gasteiger partial charge in [0.25, 0.3) is 0 Å². The van der Waals surface area contributed by atoms with Crippen LogP contribution in [0.15, 0.2) is 0 Å². The van der Waals surface area contributed by atoms with Gasteiger partial charge in [0.2, 0.25) is 0 Å². The summed E-state index contributed by atoms with van der Waals surface area (Å²) in [6.07, 6.45) is 4.12. The number of esters is 1. The van der Waals surface area contributed by atoms with Crippen molar-refractivity contribution in [1.82, 2.24) is 0 Å². The molecular formula is C9H17NO2. The van der Waals surface area contributed by atoms with Gasteiger partial charge in [-0.2, -0.15) is 0 Å². The van der Waals surface area contributed by atoms with Crippen LogP contribution in [0.4, 0.5) is 0 Å². The van der Waals surface area contributed by atoms with E-state index < -0.39 is 5.72 Å². The van der Waals surface area contributed by atoms with Crippen LogP contribution < -0.4 is 5.73 Å². The number of carbonyl (C=O) groups is 1. The van der Waals surface area contributed by atoms with Gasteiger partial charge in [-0.15, -0.1) is 0 Å².